The van der Waals surface area contributed by atoms with E-state index in [1.54, 1.807) is 7.11 Å². The van der Waals surface area contributed by atoms with Gasteiger partial charge in [0.05, 0.1) is 24.4 Å². The third-order valence-corrected chi connectivity index (χ3v) is 7.74. The standard InChI is InChI=1S/C33H26BrN3O3/c1-20-8-10-23(11-9-20)33(39)37-29(21-12-15-25(40-2)16-13-21)19-28(36-37)31-30(22-6-4-3-5-7-22)26-18-24(34)14-17-27(26)35-32(31)38/h3-18,29H,19H2,1-2H3,(H,35,38)/t29-/m0/s1. The van der Waals surface area contributed by atoms with Gasteiger partial charge in [0.1, 0.15) is 5.75 Å². The van der Waals surface area contributed by atoms with Crippen LogP contribution in [0, 0.1) is 6.92 Å². The zero-order valence-electron chi connectivity index (χ0n) is 22.0. The van der Waals surface area contributed by atoms with Crippen molar-refractivity contribution in [2.24, 2.45) is 5.10 Å². The Morgan fingerprint density at radius 1 is 0.950 bits per heavy atom. The molecular weight excluding hydrogens is 566 g/mol. The molecule has 198 valence electrons. The van der Waals surface area contributed by atoms with Gasteiger partial charge in [-0.3, -0.25) is 9.59 Å². The van der Waals surface area contributed by atoms with Gasteiger partial charge in [-0.25, -0.2) is 5.01 Å². The van der Waals surface area contributed by atoms with Crippen molar-refractivity contribution in [2.45, 2.75) is 19.4 Å². The number of pyridine rings is 1. The molecule has 0 radical (unpaired) electrons. The van der Waals surface area contributed by atoms with Crippen molar-refractivity contribution < 1.29 is 9.53 Å². The summed E-state index contributed by atoms with van der Waals surface area (Å²) in [6, 6.07) is 30.3. The SMILES string of the molecule is COc1ccc([C@@H]2CC(c3c(-c4ccccc4)c4cc(Br)ccc4[nH]c3=O)=NN2C(=O)c2ccc(C)cc2)cc1. The van der Waals surface area contributed by atoms with Crippen molar-refractivity contribution in [2.75, 3.05) is 7.11 Å². The Balaban J connectivity index is 1.55. The topological polar surface area (TPSA) is 74.8 Å². The average molecular weight is 592 g/mol. The van der Waals surface area contributed by atoms with Gasteiger partial charge >= 0.3 is 0 Å². The Morgan fingerprint density at radius 2 is 1.68 bits per heavy atom. The van der Waals surface area contributed by atoms with Gasteiger partial charge in [-0.05, 0) is 60.5 Å². The Labute approximate surface area is 240 Å². The molecule has 0 bridgehead atoms. The number of aromatic amines is 1. The number of fused-ring (bicyclic) bond motifs is 1. The van der Waals surface area contributed by atoms with E-state index >= 15 is 0 Å². The van der Waals surface area contributed by atoms with Crippen LogP contribution in [0.15, 0.2) is 111 Å². The van der Waals surface area contributed by atoms with Crippen LogP contribution >= 0.6 is 15.9 Å². The first-order chi connectivity index (χ1) is 19.4. The number of aryl methyl sites for hydroxylation is 1. The number of carbonyl (C=O) groups is 1. The molecule has 4 aromatic carbocycles. The maximum absolute atomic E-state index is 13.8. The fourth-order valence-electron chi connectivity index (χ4n) is 5.21. The van der Waals surface area contributed by atoms with Crippen molar-refractivity contribution in [1.82, 2.24) is 9.99 Å². The van der Waals surface area contributed by atoms with Gasteiger partial charge < -0.3 is 9.72 Å². The predicted molar refractivity (Wildman–Crippen MR) is 162 cm³/mol. The average Bonchev–Trinajstić information content (AvgIpc) is 3.42. The van der Waals surface area contributed by atoms with E-state index in [0.29, 0.717) is 23.3 Å². The number of benzene rings is 4. The van der Waals surface area contributed by atoms with Crippen LogP contribution in [0.5, 0.6) is 5.75 Å². The number of H-pyrrole nitrogens is 1. The van der Waals surface area contributed by atoms with Crippen molar-refractivity contribution in [3.05, 3.63) is 134 Å². The normalized spacial score (nSPS) is 14.8. The van der Waals surface area contributed by atoms with Gasteiger partial charge in [-0.1, -0.05) is 76.1 Å². The largest absolute Gasteiger partial charge is 0.497 e. The molecule has 0 aliphatic carbocycles. The number of halogens is 1. The number of hydrogen-bond donors (Lipinski definition) is 1. The number of hydrazone groups is 1. The number of carbonyl (C=O) groups excluding carboxylic acids is 1. The van der Waals surface area contributed by atoms with Crippen LogP contribution < -0.4 is 10.3 Å². The van der Waals surface area contributed by atoms with Crippen LogP contribution in [0.3, 0.4) is 0 Å². The molecule has 0 saturated heterocycles. The lowest BCUT2D eigenvalue weighted by Gasteiger charge is -2.22. The van der Waals surface area contributed by atoms with Gasteiger partial charge in [0, 0.05) is 32.9 Å². The molecule has 0 unspecified atom stereocenters. The molecule has 0 spiro atoms. The summed E-state index contributed by atoms with van der Waals surface area (Å²) in [7, 11) is 1.62. The summed E-state index contributed by atoms with van der Waals surface area (Å²) in [5.74, 6) is 0.499. The number of nitrogens with one attached hydrogen (secondary N) is 1. The second kappa shape index (κ2) is 10.6. The Hall–Kier alpha value is -4.49. The fourth-order valence-corrected chi connectivity index (χ4v) is 5.57. The van der Waals surface area contributed by atoms with Crippen molar-refractivity contribution >= 4 is 38.5 Å². The van der Waals surface area contributed by atoms with Gasteiger partial charge in [0.25, 0.3) is 11.5 Å². The molecule has 1 aromatic heterocycles. The number of amides is 1. The minimum absolute atomic E-state index is 0.225. The molecule has 1 aliphatic heterocycles. The number of aromatic nitrogens is 1. The zero-order chi connectivity index (χ0) is 27.8. The zero-order valence-corrected chi connectivity index (χ0v) is 23.6. The summed E-state index contributed by atoms with van der Waals surface area (Å²) in [5, 5.41) is 7.28. The van der Waals surface area contributed by atoms with Crippen LogP contribution in [0.4, 0.5) is 0 Å². The molecule has 1 amide bonds. The smallest absolute Gasteiger partial charge is 0.274 e. The number of ether oxygens (including phenoxy) is 1. The maximum Gasteiger partial charge on any atom is 0.274 e. The Kier molecular flexibility index (Phi) is 6.82. The molecule has 0 fully saturated rings. The van der Waals surface area contributed by atoms with Crippen LogP contribution in [0.1, 0.15) is 39.5 Å². The van der Waals surface area contributed by atoms with E-state index < -0.39 is 6.04 Å². The van der Waals surface area contributed by atoms with Gasteiger partial charge in [0.2, 0.25) is 0 Å². The van der Waals surface area contributed by atoms with E-state index in [-0.39, 0.29) is 11.5 Å². The van der Waals surface area contributed by atoms with E-state index in [4.69, 9.17) is 9.84 Å². The molecule has 6 nitrogen and oxygen atoms in total. The van der Waals surface area contributed by atoms with Crippen LogP contribution in [0.2, 0.25) is 0 Å². The molecule has 7 heteroatoms. The lowest BCUT2D eigenvalue weighted by atomic mass is 9.91. The highest BCUT2D eigenvalue weighted by Gasteiger charge is 2.36. The van der Waals surface area contributed by atoms with E-state index in [2.05, 4.69) is 20.9 Å². The molecule has 6 rings (SSSR count). The van der Waals surface area contributed by atoms with E-state index in [1.807, 2.05) is 104 Å². The summed E-state index contributed by atoms with van der Waals surface area (Å²) in [4.78, 5) is 30.6. The monoisotopic (exact) mass is 591 g/mol. The highest BCUT2D eigenvalue weighted by Crippen LogP contribution is 2.38. The Bertz CT molecular complexity index is 1810. The van der Waals surface area contributed by atoms with Crippen LogP contribution in [-0.2, 0) is 0 Å². The molecular formula is C33H26BrN3O3. The number of hydrogen-bond acceptors (Lipinski definition) is 4. The lowest BCUT2D eigenvalue weighted by Crippen LogP contribution is -2.27. The summed E-state index contributed by atoms with van der Waals surface area (Å²) < 4.78 is 6.25. The first kappa shape index (κ1) is 25.8. The van der Waals surface area contributed by atoms with Gasteiger partial charge in [-0.2, -0.15) is 5.10 Å². The van der Waals surface area contributed by atoms with E-state index in [0.717, 1.165) is 43.4 Å². The first-order valence-electron chi connectivity index (χ1n) is 13.0. The molecule has 5 aromatic rings. The summed E-state index contributed by atoms with van der Waals surface area (Å²) >= 11 is 3.59. The van der Waals surface area contributed by atoms with Crippen molar-refractivity contribution in [3.63, 3.8) is 0 Å². The quantitative estimate of drug-likeness (QED) is 0.233. The van der Waals surface area contributed by atoms with E-state index in [9.17, 15) is 9.59 Å². The summed E-state index contributed by atoms with van der Waals surface area (Å²) in [6.45, 7) is 1.98. The minimum Gasteiger partial charge on any atom is -0.497 e. The third-order valence-electron chi connectivity index (χ3n) is 7.24. The fraction of sp³-hybridized carbons (Fsp3) is 0.121. The number of methoxy groups -OCH3 is 1. The van der Waals surface area contributed by atoms with Gasteiger partial charge in [-0.15, -0.1) is 0 Å². The van der Waals surface area contributed by atoms with Crippen LogP contribution in [-0.4, -0.2) is 28.7 Å². The van der Waals surface area contributed by atoms with Crippen LogP contribution in [0.25, 0.3) is 22.0 Å². The summed E-state index contributed by atoms with van der Waals surface area (Å²) in [5.41, 5.74) is 5.71. The third kappa shape index (κ3) is 4.73. The lowest BCUT2D eigenvalue weighted by molar-refractivity contribution is 0.0711. The van der Waals surface area contributed by atoms with E-state index in [1.165, 1.54) is 5.01 Å². The highest BCUT2D eigenvalue weighted by atomic mass is 79.9. The molecule has 2 heterocycles. The predicted octanol–water partition coefficient (Wildman–Crippen LogP) is 7.27. The minimum atomic E-state index is -0.393. The van der Waals surface area contributed by atoms with Crippen molar-refractivity contribution in [3.8, 4) is 16.9 Å². The molecule has 1 atom stereocenters. The first-order valence-corrected chi connectivity index (χ1v) is 13.7. The second-order valence-corrected chi connectivity index (χ2v) is 10.7. The highest BCUT2D eigenvalue weighted by molar-refractivity contribution is 9.10. The van der Waals surface area contributed by atoms with Crippen molar-refractivity contribution in [1.29, 1.82) is 0 Å². The summed E-state index contributed by atoms with van der Waals surface area (Å²) in [6.07, 6.45) is 0.381. The number of nitrogens with zero attached hydrogens (tertiary/aromatic N) is 2. The van der Waals surface area contributed by atoms with Gasteiger partial charge in [0.15, 0.2) is 0 Å². The second-order valence-electron chi connectivity index (χ2n) is 9.82. The molecule has 1 N–H and O–H groups in total. The molecule has 40 heavy (non-hydrogen) atoms. The number of rotatable bonds is 5. The maximum atomic E-state index is 13.8. The Morgan fingerprint density at radius 3 is 2.38 bits per heavy atom. The molecule has 0 saturated carbocycles. The molecule has 1 aliphatic rings.